The van der Waals surface area contributed by atoms with Crippen LogP contribution in [0.25, 0.3) is 0 Å². The van der Waals surface area contributed by atoms with E-state index in [1.54, 1.807) is 4.90 Å². The van der Waals surface area contributed by atoms with E-state index in [1.807, 2.05) is 7.05 Å². The highest BCUT2D eigenvalue weighted by Crippen LogP contribution is 2.18. The molecule has 1 saturated heterocycles. The summed E-state index contributed by atoms with van der Waals surface area (Å²) >= 11 is 0. The largest absolute Gasteiger partial charge is 0.346 e. The average Bonchev–Trinajstić information content (AvgIpc) is 2.15. The molecule has 0 aliphatic carbocycles. The van der Waals surface area contributed by atoms with E-state index in [0.717, 1.165) is 19.0 Å². The summed E-state index contributed by atoms with van der Waals surface area (Å²) in [7, 11) is 5.19. The van der Waals surface area contributed by atoms with Crippen LogP contribution < -0.4 is 0 Å². The Labute approximate surface area is 58.7 Å². The molecular formula is C6H10NOSi. The van der Waals surface area contributed by atoms with Crippen LogP contribution in [0, 0.1) is 5.92 Å². The van der Waals surface area contributed by atoms with Crippen molar-refractivity contribution in [2.75, 3.05) is 13.6 Å². The molecule has 0 spiro atoms. The van der Waals surface area contributed by atoms with Crippen LogP contribution in [0.5, 0.6) is 0 Å². The lowest BCUT2D eigenvalue weighted by atomic mass is 10.1. The van der Waals surface area contributed by atoms with E-state index in [4.69, 9.17) is 0 Å². The highest BCUT2D eigenvalue weighted by Gasteiger charge is 2.26. The molecule has 0 aromatic carbocycles. The molecule has 0 bridgehead atoms. The lowest BCUT2D eigenvalue weighted by molar-refractivity contribution is -0.129. The summed E-state index contributed by atoms with van der Waals surface area (Å²) in [5.74, 6) is 0.525. The van der Waals surface area contributed by atoms with Gasteiger partial charge < -0.3 is 4.90 Å². The van der Waals surface area contributed by atoms with Gasteiger partial charge in [0.25, 0.3) is 0 Å². The number of nitrogens with zero attached hydrogens (tertiary/aromatic N) is 1. The van der Waals surface area contributed by atoms with Crippen LogP contribution in [0.15, 0.2) is 0 Å². The van der Waals surface area contributed by atoms with E-state index in [-0.39, 0.29) is 11.8 Å². The number of carbonyl (C=O) groups is 1. The summed E-state index contributed by atoms with van der Waals surface area (Å²) in [6, 6.07) is 0.809. The maximum atomic E-state index is 11.0. The van der Waals surface area contributed by atoms with E-state index in [0.29, 0.717) is 0 Å². The van der Waals surface area contributed by atoms with Gasteiger partial charge in [-0.2, -0.15) is 0 Å². The third-order valence-corrected chi connectivity index (χ3v) is 2.28. The topological polar surface area (TPSA) is 20.3 Å². The zero-order chi connectivity index (χ0) is 6.85. The third-order valence-electron chi connectivity index (χ3n) is 1.78. The zero-order valence-corrected chi connectivity index (χ0v) is 6.55. The van der Waals surface area contributed by atoms with E-state index in [9.17, 15) is 4.79 Å². The van der Waals surface area contributed by atoms with Gasteiger partial charge in [0.15, 0.2) is 0 Å². The van der Waals surface area contributed by atoms with Gasteiger partial charge in [0, 0.05) is 29.8 Å². The number of hydrogen-bond donors (Lipinski definition) is 0. The van der Waals surface area contributed by atoms with Crippen molar-refractivity contribution in [3.05, 3.63) is 0 Å². The highest BCUT2D eigenvalue weighted by atomic mass is 28.1. The molecule has 2 nitrogen and oxygen atoms in total. The Bertz CT molecular complexity index is 126. The molecule has 0 saturated carbocycles. The molecule has 1 fully saturated rings. The van der Waals surface area contributed by atoms with Gasteiger partial charge in [-0.1, -0.05) is 6.04 Å². The summed E-state index contributed by atoms with van der Waals surface area (Å²) in [6.07, 6.45) is 1.01. The fourth-order valence-corrected chi connectivity index (χ4v) is 1.46. The Balaban J connectivity index is 2.51. The van der Waals surface area contributed by atoms with Crippen LogP contribution in [0.4, 0.5) is 0 Å². The maximum Gasteiger partial charge on any atom is 0.225 e. The monoisotopic (exact) mass is 140 g/mol. The molecule has 1 aliphatic rings. The molecule has 3 heteroatoms. The van der Waals surface area contributed by atoms with Gasteiger partial charge >= 0.3 is 0 Å². The minimum atomic E-state index is 0.242. The maximum absolute atomic E-state index is 11.0. The second-order valence-corrected chi connectivity index (χ2v) is 2.86. The van der Waals surface area contributed by atoms with Gasteiger partial charge in [-0.25, -0.2) is 0 Å². The van der Waals surface area contributed by atoms with Crippen LogP contribution in [0.1, 0.15) is 6.42 Å². The van der Waals surface area contributed by atoms with Gasteiger partial charge in [0.2, 0.25) is 5.91 Å². The van der Waals surface area contributed by atoms with Crippen molar-refractivity contribution >= 4 is 16.1 Å². The van der Waals surface area contributed by atoms with Crippen molar-refractivity contribution < 1.29 is 4.79 Å². The molecule has 1 rings (SSSR count). The first-order chi connectivity index (χ1) is 4.25. The predicted octanol–water partition coefficient (Wildman–Crippen LogP) is 0.0515. The molecule has 1 atom stereocenters. The molecule has 1 heterocycles. The predicted molar refractivity (Wildman–Crippen MR) is 36.3 cm³/mol. The first-order valence-corrected chi connectivity index (χ1v) is 3.86. The quantitative estimate of drug-likeness (QED) is 0.471. The smallest absolute Gasteiger partial charge is 0.225 e. The van der Waals surface area contributed by atoms with Crippen molar-refractivity contribution in [1.29, 1.82) is 0 Å². The Kier molecular flexibility index (Phi) is 1.90. The summed E-state index contributed by atoms with van der Waals surface area (Å²) < 4.78 is 0. The number of amides is 1. The molecule has 0 aromatic heterocycles. The molecule has 9 heavy (non-hydrogen) atoms. The Morgan fingerprint density at radius 1 is 1.89 bits per heavy atom. The van der Waals surface area contributed by atoms with E-state index >= 15 is 0 Å². The summed E-state index contributed by atoms with van der Waals surface area (Å²) in [5, 5.41) is 0. The first kappa shape index (κ1) is 6.80. The fourth-order valence-electron chi connectivity index (χ4n) is 1.08. The van der Waals surface area contributed by atoms with Crippen LogP contribution in [0.2, 0.25) is 6.04 Å². The first-order valence-electron chi connectivity index (χ1n) is 3.15. The van der Waals surface area contributed by atoms with Crippen molar-refractivity contribution in [3.63, 3.8) is 0 Å². The Morgan fingerprint density at radius 3 is 2.78 bits per heavy atom. The molecule has 1 amide bonds. The van der Waals surface area contributed by atoms with Crippen molar-refractivity contribution in [2.24, 2.45) is 5.92 Å². The highest BCUT2D eigenvalue weighted by molar-refractivity contribution is 6.10. The molecule has 3 radical (unpaired) electrons. The molecular weight excluding hydrogens is 130 g/mol. The summed E-state index contributed by atoms with van der Waals surface area (Å²) in [6.45, 7) is 0.925. The van der Waals surface area contributed by atoms with Gasteiger partial charge in [-0.15, -0.1) is 0 Å². The molecule has 0 N–H and O–H groups in total. The standard InChI is InChI=1S/C6H10NOSi/c1-7-3-2-5(4-9)6(7)8/h5H,2-4H2,1H3/t5-/m1/s1. The second-order valence-electron chi connectivity index (χ2n) is 2.45. The Hall–Kier alpha value is -0.313. The molecule has 0 unspecified atom stereocenters. The van der Waals surface area contributed by atoms with Crippen LogP contribution in [-0.2, 0) is 4.79 Å². The van der Waals surface area contributed by atoms with Gasteiger partial charge in [0.05, 0.1) is 0 Å². The lowest BCUT2D eigenvalue weighted by Gasteiger charge is -2.06. The number of rotatable bonds is 1. The fraction of sp³-hybridized carbons (Fsp3) is 0.833. The number of hydrogen-bond acceptors (Lipinski definition) is 1. The second kappa shape index (κ2) is 2.52. The number of likely N-dealkylation sites (tertiary alicyclic amines) is 1. The van der Waals surface area contributed by atoms with E-state index in [1.165, 1.54) is 0 Å². The SMILES string of the molecule is CN1CC[C@H](C[Si])C1=O. The van der Waals surface area contributed by atoms with Crippen LogP contribution in [0.3, 0.4) is 0 Å². The molecule has 0 aromatic rings. The summed E-state index contributed by atoms with van der Waals surface area (Å²) in [4.78, 5) is 12.8. The van der Waals surface area contributed by atoms with Gasteiger partial charge in [-0.3, -0.25) is 4.79 Å². The molecule has 49 valence electrons. The lowest BCUT2D eigenvalue weighted by Crippen LogP contribution is -2.22. The third kappa shape index (κ3) is 1.15. The van der Waals surface area contributed by atoms with Crippen molar-refractivity contribution in [1.82, 2.24) is 4.90 Å². The zero-order valence-electron chi connectivity index (χ0n) is 5.55. The Morgan fingerprint density at radius 2 is 2.56 bits per heavy atom. The van der Waals surface area contributed by atoms with E-state index < -0.39 is 0 Å². The summed E-state index contributed by atoms with van der Waals surface area (Å²) in [5.41, 5.74) is 0. The van der Waals surface area contributed by atoms with Crippen molar-refractivity contribution in [3.8, 4) is 0 Å². The van der Waals surface area contributed by atoms with E-state index in [2.05, 4.69) is 10.2 Å². The van der Waals surface area contributed by atoms with Crippen molar-refractivity contribution in [2.45, 2.75) is 12.5 Å². The van der Waals surface area contributed by atoms with Crippen LogP contribution >= 0.6 is 0 Å². The number of carbonyl (C=O) groups excluding carboxylic acids is 1. The minimum absolute atomic E-state index is 0.242. The van der Waals surface area contributed by atoms with Crippen LogP contribution in [-0.4, -0.2) is 34.6 Å². The average molecular weight is 140 g/mol. The molecule has 1 aliphatic heterocycles. The minimum Gasteiger partial charge on any atom is -0.346 e. The van der Waals surface area contributed by atoms with Gasteiger partial charge in [-0.05, 0) is 6.42 Å². The van der Waals surface area contributed by atoms with Gasteiger partial charge in [0.1, 0.15) is 0 Å². The normalized spacial score (nSPS) is 27.6.